The van der Waals surface area contributed by atoms with Crippen molar-refractivity contribution in [3.63, 3.8) is 0 Å². The minimum absolute atomic E-state index is 0.260. The first-order chi connectivity index (χ1) is 6.18. The van der Waals surface area contributed by atoms with Crippen molar-refractivity contribution in [3.8, 4) is 0 Å². The number of carbonyl (C=O) groups is 1. The Morgan fingerprint density at radius 2 is 2.31 bits per heavy atom. The molecule has 0 unspecified atom stereocenters. The summed E-state index contributed by atoms with van der Waals surface area (Å²) in [6, 6.07) is 5.38. The Balaban J connectivity index is 2.75. The first kappa shape index (κ1) is 7.79. The molecule has 2 aromatic rings. The van der Waals surface area contributed by atoms with Crippen molar-refractivity contribution in [3.05, 3.63) is 29.7 Å². The van der Waals surface area contributed by atoms with E-state index in [2.05, 4.69) is 4.98 Å². The fourth-order valence-corrected chi connectivity index (χ4v) is 1.18. The third kappa shape index (κ3) is 1.16. The van der Waals surface area contributed by atoms with Crippen LogP contribution in [0.15, 0.2) is 22.6 Å². The lowest BCUT2D eigenvalue weighted by Gasteiger charge is -1.89. The molecule has 0 fully saturated rings. The summed E-state index contributed by atoms with van der Waals surface area (Å²) in [5.41, 5.74) is 2.01. The molecule has 0 saturated heterocycles. The van der Waals surface area contributed by atoms with Gasteiger partial charge < -0.3 is 9.52 Å². The predicted molar refractivity (Wildman–Crippen MR) is 45.7 cm³/mol. The number of fused-ring (bicyclic) bond motifs is 1. The number of nitrogens with zero attached hydrogens (tertiary/aromatic N) is 1. The maximum Gasteiger partial charge on any atom is 0.392 e. The largest absolute Gasteiger partial charge is 0.474 e. The van der Waals surface area contributed by atoms with Gasteiger partial charge in [-0.1, -0.05) is 12.1 Å². The van der Waals surface area contributed by atoms with Crippen molar-refractivity contribution in [2.75, 3.05) is 0 Å². The van der Waals surface area contributed by atoms with Crippen LogP contribution >= 0.6 is 0 Å². The first-order valence-electron chi connectivity index (χ1n) is 3.78. The molecule has 4 nitrogen and oxygen atoms in total. The Bertz CT molecular complexity index is 473. The summed E-state index contributed by atoms with van der Waals surface area (Å²) in [6.45, 7) is 1.85. The Morgan fingerprint density at radius 1 is 1.54 bits per heavy atom. The summed E-state index contributed by atoms with van der Waals surface area (Å²) < 4.78 is 5.05. The number of aromatic nitrogens is 1. The second kappa shape index (κ2) is 2.58. The molecular weight excluding hydrogens is 170 g/mol. The molecule has 0 aliphatic carbocycles. The second-order valence-corrected chi connectivity index (χ2v) is 2.75. The van der Waals surface area contributed by atoms with Crippen molar-refractivity contribution < 1.29 is 14.3 Å². The number of aromatic carboxylic acids is 1. The van der Waals surface area contributed by atoms with E-state index >= 15 is 0 Å². The van der Waals surface area contributed by atoms with Crippen molar-refractivity contribution >= 4 is 17.1 Å². The number of rotatable bonds is 1. The molecule has 1 aromatic heterocycles. The van der Waals surface area contributed by atoms with Crippen LogP contribution in [0, 0.1) is 6.92 Å². The fraction of sp³-hybridized carbons (Fsp3) is 0.111. The minimum Gasteiger partial charge on any atom is -0.474 e. The van der Waals surface area contributed by atoms with Gasteiger partial charge in [0.2, 0.25) is 0 Å². The highest BCUT2D eigenvalue weighted by atomic mass is 16.4. The van der Waals surface area contributed by atoms with Gasteiger partial charge in [0.15, 0.2) is 5.58 Å². The molecule has 4 heteroatoms. The van der Waals surface area contributed by atoms with Gasteiger partial charge in [0.1, 0.15) is 5.52 Å². The average molecular weight is 177 g/mol. The molecule has 0 saturated carbocycles. The van der Waals surface area contributed by atoms with E-state index in [1.807, 2.05) is 19.1 Å². The lowest BCUT2D eigenvalue weighted by Crippen LogP contribution is -1.94. The van der Waals surface area contributed by atoms with Crippen LogP contribution in [0.3, 0.4) is 0 Å². The monoisotopic (exact) mass is 177 g/mol. The van der Waals surface area contributed by atoms with Gasteiger partial charge in [-0.25, -0.2) is 9.78 Å². The van der Waals surface area contributed by atoms with Gasteiger partial charge in [-0.2, -0.15) is 0 Å². The molecule has 0 atom stereocenters. The number of hydrogen-bond acceptors (Lipinski definition) is 3. The summed E-state index contributed by atoms with van der Waals surface area (Å²) >= 11 is 0. The molecule has 0 aliphatic rings. The van der Waals surface area contributed by atoms with Gasteiger partial charge in [0.25, 0.3) is 0 Å². The molecule has 2 rings (SSSR count). The lowest BCUT2D eigenvalue weighted by molar-refractivity contribution is 0.0656. The number of aryl methyl sites for hydroxylation is 1. The summed E-state index contributed by atoms with van der Waals surface area (Å²) in [5, 5.41) is 8.62. The highest BCUT2D eigenvalue weighted by molar-refractivity contribution is 5.87. The number of hydrogen-bond donors (Lipinski definition) is 1. The molecule has 0 bridgehead atoms. The standard InChI is InChI=1S/C9H7NO3/c1-5-3-2-4-6-7(5)13-8(10-6)9(11)12/h2-4H,1H3,(H,11,12). The smallest absolute Gasteiger partial charge is 0.392 e. The maximum absolute atomic E-state index is 10.5. The van der Waals surface area contributed by atoms with Crippen LogP contribution in [-0.4, -0.2) is 16.1 Å². The summed E-state index contributed by atoms with van der Waals surface area (Å²) in [4.78, 5) is 14.3. The van der Waals surface area contributed by atoms with E-state index in [0.29, 0.717) is 11.1 Å². The zero-order chi connectivity index (χ0) is 9.42. The van der Waals surface area contributed by atoms with Crippen LogP contribution in [0.25, 0.3) is 11.1 Å². The van der Waals surface area contributed by atoms with Crippen LogP contribution in [-0.2, 0) is 0 Å². The molecule has 1 aromatic carbocycles. The molecule has 0 amide bonds. The van der Waals surface area contributed by atoms with E-state index in [4.69, 9.17) is 9.52 Å². The quantitative estimate of drug-likeness (QED) is 0.721. The number of para-hydroxylation sites is 1. The number of benzene rings is 1. The Kier molecular flexibility index (Phi) is 1.55. The zero-order valence-corrected chi connectivity index (χ0v) is 6.94. The molecule has 1 heterocycles. The van der Waals surface area contributed by atoms with Crippen molar-refractivity contribution in [2.24, 2.45) is 0 Å². The van der Waals surface area contributed by atoms with Crippen LogP contribution in [0.5, 0.6) is 0 Å². The third-order valence-electron chi connectivity index (χ3n) is 1.79. The molecular formula is C9H7NO3. The Labute approximate surface area is 73.8 Å². The van der Waals surface area contributed by atoms with E-state index in [0.717, 1.165) is 5.56 Å². The van der Waals surface area contributed by atoms with Crippen LogP contribution in [0.2, 0.25) is 0 Å². The summed E-state index contributed by atoms with van der Waals surface area (Å²) in [5.74, 6) is -1.40. The second-order valence-electron chi connectivity index (χ2n) is 2.75. The van der Waals surface area contributed by atoms with Gasteiger partial charge in [-0.15, -0.1) is 0 Å². The van der Waals surface area contributed by atoms with Crippen LogP contribution in [0.1, 0.15) is 16.2 Å². The Morgan fingerprint density at radius 3 is 2.92 bits per heavy atom. The average Bonchev–Trinajstić information content (AvgIpc) is 2.49. The van der Waals surface area contributed by atoms with Gasteiger partial charge in [0, 0.05) is 0 Å². The van der Waals surface area contributed by atoms with Crippen molar-refractivity contribution in [1.29, 1.82) is 0 Å². The number of carboxylic acids is 1. The van der Waals surface area contributed by atoms with E-state index in [9.17, 15) is 4.79 Å². The minimum atomic E-state index is -1.14. The Hall–Kier alpha value is -1.84. The fourth-order valence-electron chi connectivity index (χ4n) is 1.18. The SMILES string of the molecule is Cc1cccc2nc(C(=O)O)oc12. The van der Waals surface area contributed by atoms with E-state index in [1.54, 1.807) is 6.07 Å². The summed E-state index contributed by atoms with van der Waals surface area (Å²) in [6.07, 6.45) is 0. The van der Waals surface area contributed by atoms with Gasteiger partial charge in [0.05, 0.1) is 0 Å². The van der Waals surface area contributed by atoms with Crippen molar-refractivity contribution in [1.82, 2.24) is 4.98 Å². The van der Waals surface area contributed by atoms with Gasteiger partial charge in [-0.05, 0) is 18.6 Å². The topological polar surface area (TPSA) is 63.3 Å². The molecule has 0 spiro atoms. The summed E-state index contributed by atoms with van der Waals surface area (Å²) in [7, 11) is 0. The molecule has 66 valence electrons. The van der Waals surface area contributed by atoms with E-state index in [-0.39, 0.29) is 5.89 Å². The third-order valence-corrected chi connectivity index (χ3v) is 1.79. The number of carboxylic acid groups (broad SMARTS) is 1. The van der Waals surface area contributed by atoms with Crippen LogP contribution in [0.4, 0.5) is 0 Å². The lowest BCUT2D eigenvalue weighted by atomic mass is 10.2. The molecule has 0 aliphatic heterocycles. The van der Waals surface area contributed by atoms with Crippen molar-refractivity contribution in [2.45, 2.75) is 6.92 Å². The maximum atomic E-state index is 10.5. The highest BCUT2D eigenvalue weighted by Crippen LogP contribution is 2.18. The first-order valence-corrected chi connectivity index (χ1v) is 3.78. The molecule has 0 radical (unpaired) electrons. The predicted octanol–water partition coefficient (Wildman–Crippen LogP) is 1.83. The van der Waals surface area contributed by atoms with Crippen LogP contribution < -0.4 is 0 Å². The van der Waals surface area contributed by atoms with E-state index < -0.39 is 5.97 Å². The van der Waals surface area contributed by atoms with Gasteiger partial charge >= 0.3 is 11.9 Å². The zero-order valence-electron chi connectivity index (χ0n) is 6.94. The molecule has 1 N–H and O–H groups in total. The highest BCUT2D eigenvalue weighted by Gasteiger charge is 2.12. The molecule has 13 heavy (non-hydrogen) atoms. The normalized spacial score (nSPS) is 10.5. The number of oxazole rings is 1. The van der Waals surface area contributed by atoms with E-state index in [1.165, 1.54) is 0 Å². The van der Waals surface area contributed by atoms with Gasteiger partial charge in [-0.3, -0.25) is 0 Å².